The van der Waals surface area contributed by atoms with E-state index >= 15 is 0 Å². The third kappa shape index (κ3) is 5.45. The van der Waals surface area contributed by atoms with E-state index in [1.165, 1.54) is 0 Å². The minimum absolute atomic E-state index is 0.0651. The molecule has 0 aliphatic heterocycles. The van der Waals surface area contributed by atoms with Crippen LogP contribution in [0.5, 0.6) is 0 Å². The Morgan fingerprint density at radius 2 is 1.81 bits per heavy atom. The number of aliphatic carboxylic acids is 1. The summed E-state index contributed by atoms with van der Waals surface area (Å²) in [5.74, 6) is -0.909. The lowest BCUT2D eigenvalue weighted by atomic mass is 10.1. The maximum absolute atomic E-state index is 12.4. The zero-order valence-electron chi connectivity index (χ0n) is 13.1. The van der Waals surface area contributed by atoms with Crippen molar-refractivity contribution in [2.75, 3.05) is 6.54 Å². The fraction of sp³-hybridized carbons (Fsp3) is 0.500. The summed E-state index contributed by atoms with van der Waals surface area (Å²) in [5.41, 5.74) is 0.577. The van der Waals surface area contributed by atoms with Gasteiger partial charge < -0.3 is 15.3 Å². The minimum Gasteiger partial charge on any atom is -0.481 e. The Labute approximate surface area is 126 Å². The molecule has 0 aliphatic carbocycles. The predicted molar refractivity (Wildman–Crippen MR) is 82.1 cm³/mol. The fourth-order valence-electron chi connectivity index (χ4n) is 2.04. The lowest BCUT2D eigenvalue weighted by Gasteiger charge is -2.36. The fourth-order valence-corrected chi connectivity index (χ4v) is 2.04. The molecular formula is C16H24N2O3. The molecule has 0 bridgehead atoms. The summed E-state index contributed by atoms with van der Waals surface area (Å²) in [7, 11) is 0. The number of benzene rings is 1. The molecule has 116 valence electrons. The number of rotatable bonds is 5. The minimum atomic E-state index is -0.909. The third-order valence-electron chi connectivity index (χ3n) is 3.24. The summed E-state index contributed by atoms with van der Waals surface area (Å²) in [6.07, 6.45) is -0.0651. The number of hydrogen-bond acceptors (Lipinski definition) is 2. The Balaban J connectivity index is 2.74. The lowest BCUT2D eigenvalue weighted by Crippen LogP contribution is -2.51. The van der Waals surface area contributed by atoms with E-state index < -0.39 is 11.5 Å². The van der Waals surface area contributed by atoms with Crippen molar-refractivity contribution in [3.63, 3.8) is 0 Å². The van der Waals surface area contributed by atoms with Gasteiger partial charge in [-0.05, 0) is 33.3 Å². The number of carbonyl (C=O) groups is 2. The SMILES string of the molecule is CC(NC(=O)N(CCC(=O)O)C(C)(C)C)c1ccccc1. The van der Waals surface area contributed by atoms with Gasteiger partial charge in [-0.25, -0.2) is 4.79 Å². The van der Waals surface area contributed by atoms with Crippen molar-refractivity contribution < 1.29 is 14.7 Å². The van der Waals surface area contributed by atoms with E-state index in [9.17, 15) is 9.59 Å². The second-order valence-corrected chi connectivity index (χ2v) is 6.05. The standard InChI is InChI=1S/C16H24N2O3/c1-12(13-8-6-5-7-9-13)17-15(21)18(16(2,3)4)11-10-14(19)20/h5-9,12H,10-11H2,1-4H3,(H,17,21)(H,19,20). The predicted octanol–water partition coefficient (Wildman–Crippen LogP) is 3.03. The first-order valence-electron chi connectivity index (χ1n) is 7.06. The molecular weight excluding hydrogens is 268 g/mol. The highest BCUT2D eigenvalue weighted by atomic mass is 16.4. The number of amides is 2. The zero-order valence-corrected chi connectivity index (χ0v) is 13.1. The van der Waals surface area contributed by atoms with Crippen LogP contribution in [0.2, 0.25) is 0 Å². The van der Waals surface area contributed by atoms with Crippen molar-refractivity contribution in [1.82, 2.24) is 10.2 Å². The van der Waals surface area contributed by atoms with Gasteiger partial charge in [-0.3, -0.25) is 4.79 Å². The Morgan fingerprint density at radius 1 is 1.24 bits per heavy atom. The smallest absolute Gasteiger partial charge is 0.318 e. The molecule has 0 heterocycles. The summed E-state index contributed by atoms with van der Waals surface area (Å²) in [4.78, 5) is 24.7. The molecule has 2 N–H and O–H groups in total. The first kappa shape index (κ1) is 17.0. The van der Waals surface area contributed by atoms with Crippen LogP contribution in [0.3, 0.4) is 0 Å². The normalized spacial score (nSPS) is 12.6. The first-order valence-corrected chi connectivity index (χ1v) is 7.06. The van der Waals surface area contributed by atoms with Gasteiger partial charge in [0, 0.05) is 12.1 Å². The quantitative estimate of drug-likeness (QED) is 0.876. The van der Waals surface area contributed by atoms with E-state index in [0.717, 1.165) is 5.56 Å². The molecule has 1 aromatic carbocycles. The molecule has 0 aliphatic rings. The summed E-state index contributed by atoms with van der Waals surface area (Å²) in [6.45, 7) is 7.77. The molecule has 1 rings (SSSR count). The average Bonchev–Trinajstić information content (AvgIpc) is 2.37. The van der Waals surface area contributed by atoms with Crippen LogP contribution in [0, 0.1) is 0 Å². The van der Waals surface area contributed by atoms with E-state index in [0.29, 0.717) is 0 Å². The van der Waals surface area contributed by atoms with Crippen LogP contribution in [0.1, 0.15) is 45.7 Å². The van der Waals surface area contributed by atoms with Crippen LogP contribution in [0.15, 0.2) is 30.3 Å². The largest absolute Gasteiger partial charge is 0.481 e. The van der Waals surface area contributed by atoms with E-state index in [-0.39, 0.29) is 25.0 Å². The van der Waals surface area contributed by atoms with E-state index in [2.05, 4.69) is 5.32 Å². The molecule has 0 saturated heterocycles. The van der Waals surface area contributed by atoms with Crippen molar-refractivity contribution in [2.45, 2.75) is 45.7 Å². The first-order chi connectivity index (χ1) is 9.71. The highest BCUT2D eigenvalue weighted by Gasteiger charge is 2.27. The van der Waals surface area contributed by atoms with Crippen LogP contribution in [0.25, 0.3) is 0 Å². The molecule has 0 radical (unpaired) electrons. The molecule has 1 unspecified atom stereocenters. The Kier molecular flexibility index (Phi) is 5.76. The molecule has 0 saturated carbocycles. The highest BCUT2D eigenvalue weighted by Crippen LogP contribution is 2.17. The molecule has 2 amide bonds. The Morgan fingerprint density at radius 3 is 2.29 bits per heavy atom. The second kappa shape index (κ2) is 7.11. The topological polar surface area (TPSA) is 69.6 Å². The van der Waals surface area contributed by atoms with Gasteiger partial charge in [-0.1, -0.05) is 30.3 Å². The average molecular weight is 292 g/mol. The summed E-state index contributed by atoms with van der Waals surface area (Å²) < 4.78 is 0. The van der Waals surface area contributed by atoms with Gasteiger partial charge in [-0.2, -0.15) is 0 Å². The maximum atomic E-state index is 12.4. The van der Waals surface area contributed by atoms with Gasteiger partial charge in [0.15, 0.2) is 0 Å². The van der Waals surface area contributed by atoms with Crippen molar-refractivity contribution in [2.24, 2.45) is 0 Å². The third-order valence-corrected chi connectivity index (χ3v) is 3.24. The van der Waals surface area contributed by atoms with Crippen LogP contribution in [0.4, 0.5) is 4.79 Å². The summed E-state index contributed by atoms with van der Waals surface area (Å²) in [6, 6.07) is 9.28. The second-order valence-electron chi connectivity index (χ2n) is 6.05. The van der Waals surface area contributed by atoms with E-state index in [1.807, 2.05) is 58.0 Å². The van der Waals surface area contributed by atoms with Crippen LogP contribution in [-0.4, -0.2) is 34.1 Å². The number of carboxylic acid groups (broad SMARTS) is 1. The lowest BCUT2D eigenvalue weighted by molar-refractivity contribution is -0.137. The van der Waals surface area contributed by atoms with Gasteiger partial charge in [0.25, 0.3) is 0 Å². The van der Waals surface area contributed by atoms with Crippen molar-refractivity contribution in [1.29, 1.82) is 0 Å². The van der Waals surface area contributed by atoms with Gasteiger partial charge in [0.2, 0.25) is 0 Å². The van der Waals surface area contributed by atoms with Crippen LogP contribution in [-0.2, 0) is 4.79 Å². The number of carboxylic acids is 1. The van der Waals surface area contributed by atoms with E-state index in [4.69, 9.17) is 5.11 Å². The van der Waals surface area contributed by atoms with Gasteiger partial charge in [0.1, 0.15) is 0 Å². The number of urea groups is 1. The Bertz CT molecular complexity index is 480. The van der Waals surface area contributed by atoms with Crippen molar-refractivity contribution in [3.05, 3.63) is 35.9 Å². The van der Waals surface area contributed by atoms with Gasteiger partial charge in [0.05, 0.1) is 12.5 Å². The number of nitrogens with one attached hydrogen (secondary N) is 1. The molecule has 21 heavy (non-hydrogen) atoms. The van der Waals surface area contributed by atoms with E-state index in [1.54, 1.807) is 4.90 Å². The molecule has 0 spiro atoms. The maximum Gasteiger partial charge on any atom is 0.318 e. The molecule has 5 heteroatoms. The Hall–Kier alpha value is -2.04. The summed E-state index contributed by atoms with van der Waals surface area (Å²) in [5, 5.41) is 11.7. The van der Waals surface area contributed by atoms with Crippen molar-refractivity contribution >= 4 is 12.0 Å². The van der Waals surface area contributed by atoms with Gasteiger partial charge >= 0.3 is 12.0 Å². The monoisotopic (exact) mass is 292 g/mol. The molecule has 1 aromatic rings. The highest BCUT2D eigenvalue weighted by molar-refractivity contribution is 5.76. The number of nitrogens with zero attached hydrogens (tertiary/aromatic N) is 1. The molecule has 0 fully saturated rings. The van der Waals surface area contributed by atoms with Crippen LogP contribution >= 0.6 is 0 Å². The van der Waals surface area contributed by atoms with Gasteiger partial charge in [-0.15, -0.1) is 0 Å². The molecule has 0 aromatic heterocycles. The summed E-state index contributed by atoms with van der Waals surface area (Å²) >= 11 is 0. The zero-order chi connectivity index (χ0) is 16.0. The molecule has 5 nitrogen and oxygen atoms in total. The van der Waals surface area contributed by atoms with Crippen LogP contribution < -0.4 is 5.32 Å². The number of hydrogen-bond donors (Lipinski definition) is 2. The molecule has 1 atom stereocenters. The number of carbonyl (C=O) groups excluding carboxylic acids is 1. The van der Waals surface area contributed by atoms with Crippen molar-refractivity contribution in [3.8, 4) is 0 Å².